The SMILES string of the molecule is C/C=C\CC.C=C(C)C.C=C(Oc1ccnc(OC)c1C)C(=O)NC(=S)NC.CC.CCC.CCCOC. The molecule has 0 unspecified atom stereocenters. The summed E-state index contributed by atoms with van der Waals surface area (Å²) >= 11 is 4.81. The topological polar surface area (TPSA) is 81.7 Å². The Balaban J connectivity index is -0.000000156. The van der Waals surface area contributed by atoms with Gasteiger partial charge in [0, 0.05) is 27.0 Å². The lowest BCUT2D eigenvalue weighted by atomic mass is 10.3. The number of hydrogen-bond acceptors (Lipinski definition) is 6. The van der Waals surface area contributed by atoms with Crippen LogP contribution in [-0.4, -0.2) is 43.9 Å². The maximum absolute atomic E-state index is 11.7. The largest absolute Gasteiger partial charge is 0.481 e. The Labute approximate surface area is 240 Å². The second-order valence-electron chi connectivity index (χ2n) is 7.39. The average molecular weight is 556 g/mol. The van der Waals surface area contributed by atoms with E-state index in [2.05, 4.69) is 68.6 Å². The van der Waals surface area contributed by atoms with E-state index in [1.54, 1.807) is 27.1 Å². The fourth-order valence-electron chi connectivity index (χ4n) is 1.67. The van der Waals surface area contributed by atoms with Crippen molar-refractivity contribution in [3.63, 3.8) is 0 Å². The molecule has 1 aromatic heterocycles. The van der Waals surface area contributed by atoms with Gasteiger partial charge in [0.1, 0.15) is 5.75 Å². The fraction of sp³-hybridized carbons (Fsp3) is 0.567. The van der Waals surface area contributed by atoms with Crippen LogP contribution < -0.4 is 20.1 Å². The van der Waals surface area contributed by atoms with E-state index in [0.717, 1.165) is 19.4 Å². The minimum absolute atomic E-state index is 0.0750. The molecule has 7 nitrogen and oxygen atoms in total. The molecular weight excluding hydrogens is 498 g/mol. The van der Waals surface area contributed by atoms with Gasteiger partial charge in [-0.3, -0.25) is 10.1 Å². The zero-order chi connectivity index (χ0) is 30.9. The van der Waals surface area contributed by atoms with Gasteiger partial charge in [0.25, 0.3) is 5.91 Å². The predicted molar refractivity (Wildman–Crippen MR) is 170 cm³/mol. The number of pyridine rings is 1. The third-order valence-corrected chi connectivity index (χ3v) is 3.43. The summed E-state index contributed by atoms with van der Waals surface area (Å²) in [5.41, 5.74) is 1.84. The van der Waals surface area contributed by atoms with Crippen LogP contribution in [0.5, 0.6) is 11.6 Å². The molecule has 0 aliphatic carbocycles. The van der Waals surface area contributed by atoms with Crippen molar-refractivity contribution in [2.75, 3.05) is 27.9 Å². The number of thiocarbonyl (C=S) groups is 1. The molecule has 1 amide bonds. The second kappa shape index (κ2) is 36.4. The molecule has 0 fully saturated rings. The van der Waals surface area contributed by atoms with Gasteiger partial charge in [-0.15, -0.1) is 6.58 Å². The van der Waals surface area contributed by atoms with Crippen LogP contribution in [0.1, 0.15) is 87.1 Å². The standard InChI is InChI=1S/C12H15N3O3S.C5H10.C4H10O.C4H8.C3H8.C2H6/c1-7-9(5-6-14-11(7)17-4)18-8(2)10(16)15-12(19)13-3;1-3-5-4-2;1-3-4-5-2;1-4(2)3;1-3-2;1-2/h5-6H,2H2,1,3-4H3,(H2,13,15,16,19);3,5H,4H2,1-2H3;3-4H2,1-2H3;1H2,2-3H3;3H2,1-2H3;1-2H3/b;5-3-;;;;. The number of carbonyl (C=O) groups excluding carboxylic acids is 1. The van der Waals surface area contributed by atoms with Gasteiger partial charge >= 0.3 is 0 Å². The number of rotatable bonds is 7. The molecule has 0 aliphatic rings. The first kappa shape index (κ1) is 45.2. The lowest BCUT2D eigenvalue weighted by molar-refractivity contribution is -0.118. The molecule has 0 saturated carbocycles. The first-order valence-corrected chi connectivity index (χ1v) is 13.5. The van der Waals surface area contributed by atoms with Gasteiger partial charge in [-0.05, 0) is 58.8 Å². The zero-order valence-corrected chi connectivity index (χ0v) is 27.4. The molecular formula is C30H57N3O4S. The summed E-state index contributed by atoms with van der Waals surface area (Å²) in [7, 11) is 4.82. The van der Waals surface area contributed by atoms with Gasteiger partial charge in [0.05, 0.1) is 12.7 Å². The molecule has 0 aromatic carbocycles. The Kier molecular flexibility index (Phi) is 43.4. The maximum Gasteiger partial charge on any atom is 0.292 e. The number of carbonyl (C=O) groups is 1. The predicted octanol–water partition coefficient (Wildman–Crippen LogP) is 7.95. The highest BCUT2D eigenvalue weighted by atomic mass is 32.1. The van der Waals surface area contributed by atoms with Crippen LogP contribution in [-0.2, 0) is 9.53 Å². The summed E-state index contributed by atoms with van der Waals surface area (Å²) in [6, 6.07) is 1.62. The van der Waals surface area contributed by atoms with Crippen molar-refractivity contribution in [1.29, 1.82) is 0 Å². The molecule has 1 aromatic rings. The highest BCUT2D eigenvalue weighted by Gasteiger charge is 2.14. The van der Waals surface area contributed by atoms with Crippen molar-refractivity contribution in [2.45, 2.75) is 88.5 Å². The van der Waals surface area contributed by atoms with Crippen LogP contribution in [0.2, 0.25) is 0 Å². The number of amides is 1. The molecule has 0 atom stereocenters. The van der Waals surface area contributed by atoms with E-state index in [0.29, 0.717) is 17.2 Å². The molecule has 0 spiro atoms. The maximum atomic E-state index is 11.7. The van der Waals surface area contributed by atoms with Crippen molar-refractivity contribution < 1.29 is 19.0 Å². The summed E-state index contributed by atoms with van der Waals surface area (Å²) in [4.78, 5) is 15.7. The number of nitrogens with one attached hydrogen (secondary N) is 2. The lowest BCUT2D eigenvalue weighted by Crippen LogP contribution is -2.38. The number of allylic oxidation sites excluding steroid dienone is 3. The van der Waals surface area contributed by atoms with E-state index >= 15 is 0 Å². The Morgan fingerprint density at radius 3 is 1.92 bits per heavy atom. The third-order valence-electron chi connectivity index (χ3n) is 3.12. The third kappa shape index (κ3) is 35.5. The first-order valence-electron chi connectivity index (χ1n) is 13.1. The number of ether oxygens (including phenoxy) is 3. The molecule has 1 heterocycles. The molecule has 8 heteroatoms. The number of methoxy groups -OCH3 is 2. The Hall–Kier alpha value is -2.71. The fourth-order valence-corrected chi connectivity index (χ4v) is 1.76. The molecule has 2 N–H and O–H groups in total. The van der Waals surface area contributed by atoms with Gasteiger partial charge in [0.15, 0.2) is 10.9 Å². The summed E-state index contributed by atoms with van der Waals surface area (Å²) in [6.07, 6.45) is 9.23. The highest BCUT2D eigenvalue weighted by molar-refractivity contribution is 7.80. The van der Waals surface area contributed by atoms with Gasteiger partial charge in [-0.25, -0.2) is 4.98 Å². The zero-order valence-electron chi connectivity index (χ0n) is 26.5. The Morgan fingerprint density at radius 2 is 1.63 bits per heavy atom. The summed E-state index contributed by atoms with van der Waals surface area (Å²) < 4.78 is 15.1. The van der Waals surface area contributed by atoms with Crippen LogP contribution in [0.25, 0.3) is 0 Å². The van der Waals surface area contributed by atoms with Gasteiger partial charge in [-0.1, -0.05) is 72.3 Å². The van der Waals surface area contributed by atoms with Crippen LogP contribution in [0.15, 0.2) is 48.9 Å². The number of hydrogen-bond donors (Lipinski definition) is 2. The Morgan fingerprint density at radius 1 is 1.13 bits per heavy atom. The molecule has 1 rings (SSSR count). The quantitative estimate of drug-likeness (QED) is 0.153. The van der Waals surface area contributed by atoms with Crippen LogP contribution in [0.4, 0.5) is 0 Å². The van der Waals surface area contributed by atoms with E-state index in [-0.39, 0.29) is 10.9 Å². The van der Waals surface area contributed by atoms with E-state index < -0.39 is 5.91 Å². The van der Waals surface area contributed by atoms with Crippen LogP contribution in [0, 0.1) is 6.92 Å². The monoisotopic (exact) mass is 555 g/mol. The van der Waals surface area contributed by atoms with Crippen LogP contribution in [0.3, 0.4) is 0 Å². The smallest absolute Gasteiger partial charge is 0.292 e. The first-order chi connectivity index (χ1) is 18.0. The van der Waals surface area contributed by atoms with E-state index in [9.17, 15) is 4.79 Å². The van der Waals surface area contributed by atoms with Gasteiger partial charge < -0.3 is 19.5 Å². The van der Waals surface area contributed by atoms with Crippen molar-refractivity contribution >= 4 is 23.2 Å². The minimum atomic E-state index is -0.519. The van der Waals surface area contributed by atoms with Crippen molar-refractivity contribution in [3.8, 4) is 11.6 Å². The van der Waals surface area contributed by atoms with Crippen molar-refractivity contribution in [3.05, 3.63) is 54.5 Å². The van der Waals surface area contributed by atoms with Gasteiger partial charge in [-0.2, -0.15) is 0 Å². The van der Waals surface area contributed by atoms with E-state index in [4.69, 9.17) is 26.4 Å². The molecule has 0 radical (unpaired) electrons. The Bertz CT molecular complexity index is 745. The molecule has 222 valence electrons. The molecule has 0 bridgehead atoms. The summed E-state index contributed by atoms with van der Waals surface area (Å²) in [5.74, 6) is 0.280. The lowest BCUT2D eigenvalue weighted by Gasteiger charge is -2.12. The average Bonchev–Trinajstić information content (AvgIpc) is 2.88. The van der Waals surface area contributed by atoms with Crippen LogP contribution >= 0.6 is 12.2 Å². The number of nitrogens with zero attached hydrogens (tertiary/aromatic N) is 1. The highest BCUT2D eigenvalue weighted by Crippen LogP contribution is 2.25. The number of aromatic nitrogens is 1. The van der Waals surface area contributed by atoms with E-state index in [1.807, 2.05) is 34.6 Å². The minimum Gasteiger partial charge on any atom is -0.481 e. The normalized spacial score (nSPS) is 8.45. The second-order valence-corrected chi connectivity index (χ2v) is 7.79. The summed E-state index contributed by atoms with van der Waals surface area (Å²) in [6.45, 7) is 28.2. The van der Waals surface area contributed by atoms with Crippen molar-refractivity contribution in [1.82, 2.24) is 15.6 Å². The van der Waals surface area contributed by atoms with E-state index in [1.165, 1.54) is 25.3 Å². The van der Waals surface area contributed by atoms with Gasteiger partial charge in [0.2, 0.25) is 5.88 Å². The summed E-state index contributed by atoms with van der Waals surface area (Å²) in [5, 5.41) is 5.22. The molecule has 38 heavy (non-hydrogen) atoms. The van der Waals surface area contributed by atoms with Crippen molar-refractivity contribution in [2.24, 2.45) is 0 Å². The molecule has 0 saturated heterocycles. The molecule has 0 aliphatic heterocycles.